The molecule has 1 N–H and O–H groups in total. The molecule has 0 amide bonds. The average Bonchev–Trinajstić information content (AvgIpc) is 2.39. The molecule has 0 saturated heterocycles. The Balaban J connectivity index is 2.47. The molecule has 0 unspecified atom stereocenters. The van der Waals surface area contributed by atoms with Crippen molar-refractivity contribution in [2.45, 2.75) is 45.1 Å². The summed E-state index contributed by atoms with van der Waals surface area (Å²) in [5.74, 6) is 0.175. The van der Waals surface area contributed by atoms with Gasteiger partial charge in [-0.1, -0.05) is 69.0 Å². The quantitative estimate of drug-likeness (QED) is 0.517. The summed E-state index contributed by atoms with van der Waals surface area (Å²) in [5.41, 5.74) is 0.993. The highest BCUT2D eigenvalue weighted by molar-refractivity contribution is 5.19. The minimum absolute atomic E-state index is 0.175. The van der Waals surface area contributed by atoms with E-state index in [-0.39, 0.29) is 5.92 Å². The predicted octanol–water partition coefficient (Wildman–Crippen LogP) is 4.49. The highest BCUT2D eigenvalue weighted by atomic mass is 16.3. The molecule has 0 bridgehead atoms. The lowest BCUT2D eigenvalue weighted by atomic mass is 9.91. The zero-order valence-corrected chi connectivity index (χ0v) is 10.8. The molecule has 0 radical (unpaired) electrons. The molecular weight excluding hydrogens is 208 g/mol. The first-order valence-corrected chi connectivity index (χ1v) is 6.65. The first kappa shape index (κ1) is 14.0. The molecule has 0 aliphatic carbocycles. The van der Waals surface area contributed by atoms with Crippen molar-refractivity contribution in [2.24, 2.45) is 5.92 Å². The molecule has 17 heavy (non-hydrogen) atoms. The smallest absolute Gasteiger partial charge is 0.0852 e. The van der Waals surface area contributed by atoms with E-state index in [4.69, 9.17) is 0 Å². The molecule has 0 fully saturated rings. The average molecular weight is 232 g/mol. The molecule has 1 aromatic carbocycles. The minimum atomic E-state index is -0.407. The van der Waals surface area contributed by atoms with Crippen LogP contribution in [0.3, 0.4) is 0 Å². The van der Waals surface area contributed by atoms with Crippen molar-refractivity contribution in [1.82, 2.24) is 0 Å². The van der Waals surface area contributed by atoms with Gasteiger partial charge in [0, 0.05) is 5.92 Å². The number of rotatable bonds is 8. The number of hydrogen-bond acceptors (Lipinski definition) is 1. The predicted molar refractivity (Wildman–Crippen MR) is 73.8 cm³/mol. The van der Waals surface area contributed by atoms with Crippen molar-refractivity contribution < 1.29 is 5.11 Å². The van der Waals surface area contributed by atoms with Gasteiger partial charge in [0.25, 0.3) is 0 Å². The van der Waals surface area contributed by atoms with E-state index in [0.29, 0.717) is 0 Å². The third-order valence-electron chi connectivity index (χ3n) is 3.24. The maximum atomic E-state index is 10.3. The zero-order valence-electron chi connectivity index (χ0n) is 10.8. The molecule has 1 nitrogen and oxygen atoms in total. The molecule has 0 aliphatic heterocycles. The fourth-order valence-corrected chi connectivity index (χ4v) is 2.11. The number of aliphatic hydroxyl groups is 1. The Hall–Kier alpha value is -1.08. The molecular formula is C16H24O. The number of aliphatic hydroxyl groups excluding tert-OH is 1. The zero-order chi connectivity index (χ0) is 12.5. The molecule has 2 atom stereocenters. The number of hydrogen-bond donors (Lipinski definition) is 1. The van der Waals surface area contributed by atoms with Gasteiger partial charge >= 0.3 is 0 Å². The summed E-state index contributed by atoms with van der Waals surface area (Å²) in [6, 6.07) is 9.87. The SMILES string of the molecule is C=C[C@H](CCCCCC)[C@H](O)c1ccccc1. The summed E-state index contributed by atoms with van der Waals surface area (Å²) in [5, 5.41) is 10.3. The van der Waals surface area contributed by atoms with Crippen LogP contribution in [0.4, 0.5) is 0 Å². The second-order valence-corrected chi connectivity index (χ2v) is 4.60. The number of unbranched alkanes of at least 4 members (excludes halogenated alkanes) is 3. The molecule has 0 saturated carbocycles. The lowest BCUT2D eigenvalue weighted by Gasteiger charge is -2.19. The Kier molecular flexibility index (Phi) is 6.64. The lowest BCUT2D eigenvalue weighted by molar-refractivity contribution is 0.125. The summed E-state index contributed by atoms with van der Waals surface area (Å²) < 4.78 is 0. The third-order valence-corrected chi connectivity index (χ3v) is 3.24. The van der Waals surface area contributed by atoms with E-state index in [9.17, 15) is 5.11 Å². The van der Waals surface area contributed by atoms with Gasteiger partial charge < -0.3 is 5.11 Å². The van der Waals surface area contributed by atoms with Gasteiger partial charge in [0.05, 0.1) is 6.10 Å². The van der Waals surface area contributed by atoms with Crippen LogP contribution in [0.1, 0.15) is 50.7 Å². The van der Waals surface area contributed by atoms with Gasteiger partial charge in [0.1, 0.15) is 0 Å². The van der Waals surface area contributed by atoms with E-state index in [0.717, 1.165) is 12.0 Å². The Morgan fingerprint density at radius 3 is 2.47 bits per heavy atom. The Morgan fingerprint density at radius 1 is 1.18 bits per heavy atom. The lowest BCUT2D eigenvalue weighted by Crippen LogP contribution is -2.10. The van der Waals surface area contributed by atoms with Crippen LogP contribution in [-0.2, 0) is 0 Å². The van der Waals surface area contributed by atoms with Gasteiger partial charge in [-0.15, -0.1) is 6.58 Å². The number of benzene rings is 1. The van der Waals surface area contributed by atoms with Crippen molar-refractivity contribution in [3.8, 4) is 0 Å². The van der Waals surface area contributed by atoms with Crippen molar-refractivity contribution in [1.29, 1.82) is 0 Å². The van der Waals surface area contributed by atoms with Gasteiger partial charge in [-0.3, -0.25) is 0 Å². The second-order valence-electron chi connectivity index (χ2n) is 4.60. The Labute approximate surface area is 105 Å². The fraction of sp³-hybridized carbons (Fsp3) is 0.500. The van der Waals surface area contributed by atoms with Gasteiger partial charge in [-0.05, 0) is 12.0 Å². The maximum Gasteiger partial charge on any atom is 0.0852 e. The van der Waals surface area contributed by atoms with E-state index >= 15 is 0 Å². The standard InChI is InChI=1S/C16H24O/c1-3-5-6-8-11-14(4-2)16(17)15-12-9-7-10-13-15/h4,7,9-10,12-14,16-17H,2-3,5-6,8,11H2,1H3/t14-,16+/m1/s1. The second kappa shape index (κ2) is 8.08. The Bertz CT molecular complexity index is 305. The molecule has 1 heteroatoms. The summed E-state index contributed by atoms with van der Waals surface area (Å²) >= 11 is 0. The van der Waals surface area contributed by atoms with E-state index < -0.39 is 6.10 Å². The van der Waals surface area contributed by atoms with Crippen LogP contribution < -0.4 is 0 Å². The van der Waals surface area contributed by atoms with E-state index in [1.54, 1.807) is 0 Å². The van der Waals surface area contributed by atoms with Crippen LogP contribution in [0.5, 0.6) is 0 Å². The highest BCUT2D eigenvalue weighted by Crippen LogP contribution is 2.27. The van der Waals surface area contributed by atoms with Gasteiger partial charge in [-0.2, -0.15) is 0 Å². The van der Waals surface area contributed by atoms with Crippen LogP contribution >= 0.6 is 0 Å². The van der Waals surface area contributed by atoms with Crippen molar-refractivity contribution in [3.05, 3.63) is 48.6 Å². The summed E-state index contributed by atoms with van der Waals surface area (Å²) in [4.78, 5) is 0. The molecule has 0 aliphatic rings. The van der Waals surface area contributed by atoms with Gasteiger partial charge in [0.15, 0.2) is 0 Å². The largest absolute Gasteiger partial charge is 0.388 e. The molecule has 1 rings (SSSR count). The fourth-order valence-electron chi connectivity index (χ4n) is 2.11. The minimum Gasteiger partial charge on any atom is -0.388 e. The van der Waals surface area contributed by atoms with Gasteiger partial charge in [-0.25, -0.2) is 0 Å². The van der Waals surface area contributed by atoms with E-state index in [1.165, 1.54) is 25.7 Å². The Morgan fingerprint density at radius 2 is 1.88 bits per heavy atom. The van der Waals surface area contributed by atoms with Crippen LogP contribution in [0.25, 0.3) is 0 Å². The first-order chi connectivity index (χ1) is 8.29. The third kappa shape index (κ3) is 4.74. The van der Waals surface area contributed by atoms with Crippen LogP contribution in [0, 0.1) is 5.92 Å². The van der Waals surface area contributed by atoms with Crippen LogP contribution in [-0.4, -0.2) is 5.11 Å². The van der Waals surface area contributed by atoms with Gasteiger partial charge in [0.2, 0.25) is 0 Å². The van der Waals surface area contributed by atoms with E-state index in [2.05, 4.69) is 13.5 Å². The van der Waals surface area contributed by atoms with Crippen molar-refractivity contribution in [2.75, 3.05) is 0 Å². The molecule has 0 aromatic heterocycles. The van der Waals surface area contributed by atoms with Crippen LogP contribution in [0.2, 0.25) is 0 Å². The summed E-state index contributed by atoms with van der Waals surface area (Å²) in [6.45, 7) is 6.06. The molecule has 94 valence electrons. The monoisotopic (exact) mass is 232 g/mol. The molecule has 1 aromatic rings. The van der Waals surface area contributed by atoms with Crippen molar-refractivity contribution >= 4 is 0 Å². The molecule has 0 spiro atoms. The first-order valence-electron chi connectivity index (χ1n) is 6.65. The van der Waals surface area contributed by atoms with Crippen LogP contribution in [0.15, 0.2) is 43.0 Å². The van der Waals surface area contributed by atoms with Crippen molar-refractivity contribution in [3.63, 3.8) is 0 Å². The molecule has 0 heterocycles. The highest BCUT2D eigenvalue weighted by Gasteiger charge is 2.16. The summed E-state index contributed by atoms with van der Waals surface area (Å²) in [7, 11) is 0. The topological polar surface area (TPSA) is 20.2 Å². The maximum absolute atomic E-state index is 10.3. The summed E-state index contributed by atoms with van der Waals surface area (Å²) in [6.07, 6.45) is 7.47. The normalized spacial score (nSPS) is 14.2. The van der Waals surface area contributed by atoms with E-state index in [1.807, 2.05) is 36.4 Å².